The van der Waals surface area contributed by atoms with Crippen LogP contribution in [0.25, 0.3) is 28.3 Å². The zero-order chi connectivity index (χ0) is 24.1. The van der Waals surface area contributed by atoms with Crippen LogP contribution in [0.4, 0.5) is 0 Å². The molecule has 0 bridgehead atoms. The third-order valence-corrected chi connectivity index (χ3v) is 17.6. The van der Waals surface area contributed by atoms with Gasteiger partial charge in [-0.05, 0) is 0 Å². The molecule has 0 heterocycles. The first kappa shape index (κ1) is 28.3. The zero-order valence-electron chi connectivity index (χ0n) is 21.9. The fourth-order valence-electron chi connectivity index (χ4n) is 6.30. The Morgan fingerprint density at radius 3 is 1.97 bits per heavy atom. The van der Waals surface area contributed by atoms with Crippen LogP contribution < -0.4 is 24.8 Å². The molecule has 2 aliphatic rings. The van der Waals surface area contributed by atoms with E-state index in [2.05, 4.69) is 118 Å². The Morgan fingerprint density at radius 2 is 1.27 bits per heavy atom. The molecule has 37 heavy (non-hydrogen) atoms. The van der Waals surface area contributed by atoms with Gasteiger partial charge in [0.05, 0.1) is 0 Å². The van der Waals surface area contributed by atoms with Crippen LogP contribution in [0.1, 0.15) is 56.3 Å². The summed E-state index contributed by atoms with van der Waals surface area (Å²) in [6.45, 7) is 9.72. The minimum atomic E-state index is -0.585. The molecule has 186 valence electrons. The molecular weight excluding hydrogens is 587 g/mol. The molecule has 0 fully saturated rings. The van der Waals surface area contributed by atoms with E-state index in [0.717, 1.165) is 6.42 Å². The predicted molar refractivity (Wildman–Crippen MR) is 149 cm³/mol. The van der Waals surface area contributed by atoms with E-state index in [1.165, 1.54) is 38.9 Å². The van der Waals surface area contributed by atoms with Crippen LogP contribution in [0, 0.1) is 6.92 Å². The number of rotatable bonds is 5. The Labute approximate surface area is 246 Å². The maximum absolute atomic E-state index is 2.58. The Hall–Kier alpha value is -1.70. The summed E-state index contributed by atoms with van der Waals surface area (Å²) in [6.07, 6.45) is 3.61. The molecule has 4 heteroatoms. The van der Waals surface area contributed by atoms with Crippen molar-refractivity contribution in [2.45, 2.75) is 42.9 Å². The Kier molecular flexibility index (Phi) is 8.86. The monoisotopic (exact) mass is 616 g/mol. The van der Waals surface area contributed by atoms with E-state index >= 15 is 0 Å². The van der Waals surface area contributed by atoms with Gasteiger partial charge in [-0.3, -0.25) is 0 Å². The average molecular weight is 619 g/mol. The quantitative estimate of drug-likeness (QED) is 0.302. The number of hydrogen-bond donors (Lipinski definition) is 0. The smallest absolute Gasteiger partial charge is 1.00 e. The topological polar surface area (TPSA) is 0 Å². The fraction of sp³-hybridized carbons (Fsp3) is 0.212. The fourth-order valence-corrected chi connectivity index (χ4v) is 16.2. The summed E-state index contributed by atoms with van der Waals surface area (Å²) in [7, 11) is 0. The molecule has 6 rings (SSSR count). The molecule has 2 atom stereocenters. The first-order valence-corrected chi connectivity index (χ1v) is 21.5. The molecule has 4 aromatic rings. The molecule has 0 radical (unpaired) electrons. The average Bonchev–Trinajstić information content (AvgIpc) is 3.40. The van der Waals surface area contributed by atoms with E-state index in [1.54, 1.807) is 22.3 Å². The molecule has 0 amide bonds. The van der Waals surface area contributed by atoms with Crippen molar-refractivity contribution in [2.24, 2.45) is 0 Å². The van der Waals surface area contributed by atoms with Crippen LogP contribution in [-0.2, 0) is 22.4 Å². The number of benzene rings is 4. The minimum Gasteiger partial charge on any atom is -1.00 e. The molecule has 0 aliphatic heterocycles. The van der Waals surface area contributed by atoms with Gasteiger partial charge in [-0.1, -0.05) is 0 Å². The third kappa shape index (κ3) is 4.80. The zero-order valence-corrected chi connectivity index (χ0v) is 27.0. The Balaban J connectivity index is 0.00000160. The molecule has 0 saturated carbocycles. The van der Waals surface area contributed by atoms with Crippen LogP contribution in [-0.4, -0.2) is 5.92 Å². The SMILES string of the molecule is CCC1=Cc2c(-c3ccccc3C)cccc2C1c1cccc2c1[CH]([Zr+2][SiH](C)C)c1ccccc1-2.[Cl-].[Cl-]. The van der Waals surface area contributed by atoms with Crippen LogP contribution in [0.5, 0.6) is 0 Å². The number of allylic oxidation sites excluding steroid dienone is 1. The number of halogens is 2. The van der Waals surface area contributed by atoms with E-state index in [4.69, 9.17) is 0 Å². The molecule has 2 aliphatic carbocycles. The van der Waals surface area contributed by atoms with Gasteiger partial charge in [-0.25, -0.2) is 0 Å². The van der Waals surface area contributed by atoms with Gasteiger partial charge in [0.25, 0.3) is 0 Å². The largest absolute Gasteiger partial charge is 1.00 e. The second-order valence-electron chi connectivity index (χ2n) is 10.3. The molecule has 0 N–H and O–H groups in total. The van der Waals surface area contributed by atoms with Crippen molar-refractivity contribution in [3.05, 3.63) is 124 Å². The molecule has 4 aromatic carbocycles. The van der Waals surface area contributed by atoms with E-state index < -0.39 is 28.3 Å². The van der Waals surface area contributed by atoms with Gasteiger partial charge in [0.2, 0.25) is 0 Å². The van der Waals surface area contributed by atoms with Gasteiger partial charge in [-0.2, -0.15) is 0 Å². The summed E-state index contributed by atoms with van der Waals surface area (Å²) < 4.78 is 0.703. The summed E-state index contributed by atoms with van der Waals surface area (Å²) >= 11 is -0.515. The Bertz CT molecular complexity index is 1470. The summed E-state index contributed by atoms with van der Waals surface area (Å²) in [6, 6.07) is 32.3. The maximum atomic E-state index is 2.58. The van der Waals surface area contributed by atoms with E-state index in [9.17, 15) is 0 Å². The standard InChI is InChI=1S/C31H25.C2H7Si.2ClH.Zr/c1-3-21-18-29-25(23-12-6-4-10-20(23)2)14-8-16-27(29)31(21)28-17-9-15-26-24-13-7-5-11-22(24)19-30(26)28;1-3-2;;;/h4-19,31H,3H2,1-2H3;3H,1-2H3;2*1H;/q;;;;+2/p-2. The van der Waals surface area contributed by atoms with Crippen molar-refractivity contribution in [3.63, 3.8) is 0 Å². The second-order valence-corrected chi connectivity index (χ2v) is 25.3. The molecule has 0 spiro atoms. The number of fused-ring (bicyclic) bond motifs is 4. The first-order chi connectivity index (χ1) is 17.1. The number of aryl methyl sites for hydroxylation is 1. The normalized spacial score (nSPS) is 16.6. The third-order valence-electron chi connectivity index (χ3n) is 7.80. The molecule has 0 nitrogen and oxygen atoms in total. The van der Waals surface area contributed by atoms with Crippen molar-refractivity contribution in [1.82, 2.24) is 0 Å². The van der Waals surface area contributed by atoms with Crippen LogP contribution >= 0.6 is 0 Å². The van der Waals surface area contributed by atoms with E-state index in [-0.39, 0.29) is 24.8 Å². The van der Waals surface area contributed by atoms with Gasteiger partial charge in [0, 0.05) is 0 Å². The predicted octanol–water partition coefficient (Wildman–Crippen LogP) is 2.74. The van der Waals surface area contributed by atoms with Crippen LogP contribution in [0.15, 0.2) is 90.5 Å². The van der Waals surface area contributed by atoms with Crippen LogP contribution in [0.3, 0.4) is 0 Å². The van der Waals surface area contributed by atoms with Gasteiger partial charge in [0.15, 0.2) is 0 Å². The van der Waals surface area contributed by atoms with Gasteiger partial charge < -0.3 is 24.8 Å². The molecule has 0 aromatic heterocycles. The summed E-state index contributed by atoms with van der Waals surface area (Å²) in [5.74, 6) is -0.211. The maximum Gasteiger partial charge on any atom is -1.00 e. The van der Waals surface area contributed by atoms with Gasteiger partial charge in [-0.15, -0.1) is 0 Å². The van der Waals surface area contributed by atoms with Crippen molar-refractivity contribution in [2.75, 3.05) is 0 Å². The van der Waals surface area contributed by atoms with Crippen molar-refractivity contribution >= 4 is 12.0 Å². The van der Waals surface area contributed by atoms with E-state index in [0.29, 0.717) is 9.54 Å². The molecule has 2 unspecified atom stereocenters. The first-order valence-electron chi connectivity index (χ1n) is 13.0. The van der Waals surface area contributed by atoms with Gasteiger partial charge >= 0.3 is 223 Å². The van der Waals surface area contributed by atoms with Gasteiger partial charge in [0.1, 0.15) is 0 Å². The summed E-state index contributed by atoms with van der Waals surface area (Å²) in [5, 5.41) is 0. The van der Waals surface area contributed by atoms with Crippen LogP contribution in [0.2, 0.25) is 13.1 Å². The van der Waals surface area contributed by atoms with Crippen molar-refractivity contribution in [3.8, 4) is 22.3 Å². The second kappa shape index (κ2) is 11.6. The van der Waals surface area contributed by atoms with E-state index in [1.807, 2.05) is 0 Å². The Morgan fingerprint density at radius 1 is 0.676 bits per heavy atom. The molecule has 0 saturated heterocycles. The minimum absolute atomic E-state index is 0. The summed E-state index contributed by atoms with van der Waals surface area (Å²) in [4.78, 5) is 0. The van der Waals surface area contributed by atoms with Crippen molar-refractivity contribution < 1.29 is 47.2 Å². The summed E-state index contributed by atoms with van der Waals surface area (Å²) in [5.41, 5.74) is 16.5. The molecular formula is C33H32Cl2SiZr. The van der Waals surface area contributed by atoms with Crippen molar-refractivity contribution in [1.29, 1.82) is 0 Å². The number of hydrogen-bond acceptors (Lipinski definition) is 0.